The SMILES string of the molecule is Cc1cc(Cl)cc(-c2ccnc(C)n2)c1. The summed E-state index contributed by atoms with van der Waals surface area (Å²) in [5.74, 6) is 0.769. The van der Waals surface area contributed by atoms with Gasteiger partial charge in [-0.3, -0.25) is 0 Å². The van der Waals surface area contributed by atoms with E-state index in [1.165, 1.54) is 0 Å². The maximum absolute atomic E-state index is 6.00. The van der Waals surface area contributed by atoms with Gasteiger partial charge in [-0.1, -0.05) is 11.6 Å². The van der Waals surface area contributed by atoms with Crippen LogP contribution >= 0.6 is 11.6 Å². The van der Waals surface area contributed by atoms with Crippen molar-refractivity contribution in [2.75, 3.05) is 0 Å². The Morgan fingerprint density at radius 2 is 1.93 bits per heavy atom. The van der Waals surface area contributed by atoms with Gasteiger partial charge in [-0.05, 0) is 43.7 Å². The molecule has 0 amide bonds. The van der Waals surface area contributed by atoms with Crippen LogP contribution in [0.4, 0.5) is 0 Å². The molecule has 0 fully saturated rings. The Morgan fingerprint density at radius 1 is 1.13 bits per heavy atom. The molecule has 0 aliphatic carbocycles. The number of hydrogen-bond donors (Lipinski definition) is 0. The molecule has 2 nitrogen and oxygen atoms in total. The van der Waals surface area contributed by atoms with E-state index in [0.29, 0.717) is 0 Å². The van der Waals surface area contributed by atoms with Gasteiger partial charge in [0.2, 0.25) is 0 Å². The van der Waals surface area contributed by atoms with Crippen molar-refractivity contribution in [3.8, 4) is 11.3 Å². The Labute approximate surface area is 94.0 Å². The van der Waals surface area contributed by atoms with E-state index < -0.39 is 0 Å². The second kappa shape index (κ2) is 3.99. The summed E-state index contributed by atoms with van der Waals surface area (Å²) in [6.45, 7) is 3.89. The minimum Gasteiger partial charge on any atom is -0.242 e. The first-order valence-corrected chi connectivity index (χ1v) is 5.10. The lowest BCUT2D eigenvalue weighted by Crippen LogP contribution is -1.90. The van der Waals surface area contributed by atoms with Crippen LogP contribution in [0.3, 0.4) is 0 Å². The average Bonchev–Trinajstić information content (AvgIpc) is 2.16. The number of hydrogen-bond acceptors (Lipinski definition) is 2. The smallest absolute Gasteiger partial charge is 0.125 e. The van der Waals surface area contributed by atoms with E-state index >= 15 is 0 Å². The first kappa shape index (κ1) is 10.1. The van der Waals surface area contributed by atoms with E-state index in [9.17, 15) is 0 Å². The van der Waals surface area contributed by atoms with E-state index in [1.54, 1.807) is 6.20 Å². The molecular weight excluding hydrogens is 208 g/mol. The van der Waals surface area contributed by atoms with E-state index in [-0.39, 0.29) is 0 Å². The van der Waals surface area contributed by atoms with Crippen molar-refractivity contribution in [2.24, 2.45) is 0 Å². The maximum atomic E-state index is 6.00. The van der Waals surface area contributed by atoms with Crippen LogP contribution in [-0.2, 0) is 0 Å². The summed E-state index contributed by atoms with van der Waals surface area (Å²) in [6.07, 6.45) is 1.76. The molecule has 0 radical (unpaired) electrons. The zero-order valence-electron chi connectivity index (χ0n) is 8.66. The van der Waals surface area contributed by atoms with Crippen molar-refractivity contribution in [3.63, 3.8) is 0 Å². The largest absolute Gasteiger partial charge is 0.242 e. The first-order valence-electron chi connectivity index (χ1n) is 4.72. The van der Waals surface area contributed by atoms with Gasteiger partial charge in [0.1, 0.15) is 5.82 Å². The molecule has 2 rings (SSSR count). The van der Waals surface area contributed by atoms with Crippen molar-refractivity contribution in [1.29, 1.82) is 0 Å². The van der Waals surface area contributed by atoms with Gasteiger partial charge in [0.25, 0.3) is 0 Å². The normalized spacial score (nSPS) is 10.3. The number of nitrogens with zero attached hydrogens (tertiary/aromatic N) is 2. The van der Waals surface area contributed by atoms with Crippen molar-refractivity contribution in [3.05, 3.63) is 46.9 Å². The molecule has 76 valence electrons. The summed E-state index contributed by atoms with van der Waals surface area (Å²) in [6, 6.07) is 7.79. The van der Waals surface area contributed by atoms with E-state index in [0.717, 1.165) is 27.7 Å². The predicted molar refractivity (Wildman–Crippen MR) is 62.0 cm³/mol. The zero-order chi connectivity index (χ0) is 10.8. The fraction of sp³-hybridized carbons (Fsp3) is 0.167. The molecule has 1 aromatic heterocycles. The van der Waals surface area contributed by atoms with Gasteiger partial charge in [0, 0.05) is 16.8 Å². The standard InChI is InChI=1S/C12H11ClN2/c1-8-5-10(7-11(13)6-8)12-3-4-14-9(2)15-12/h3-7H,1-2H3. The van der Waals surface area contributed by atoms with Crippen LogP contribution in [0.2, 0.25) is 5.02 Å². The third-order valence-electron chi connectivity index (χ3n) is 2.11. The molecule has 2 aromatic rings. The second-order valence-corrected chi connectivity index (χ2v) is 3.94. The molecule has 0 aliphatic rings. The van der Waals surface area contributed by atoms with Crippen LogP contribution in [0.5, 0.6) is 0 Å². The van der Waals surface area contributed by atoms with Gasteiger partial charge in [-0.15, -0.1) is 0 Å². The monoisotopic (exact) mass is 218 g/mol. The molecule has 15 heavy (non-hydrogen) atoms. The molecular formula is C12H11ClN2. The number of aromatic nitrogens is 2. The van der Waals surface area contributed by atoms with Gasteiger partial charge >= 0.3 is 0 Å². The van der Waals surface area contributed by atoms with Crippen LogP contribution in [-0.4, -0.2) is 9.97 Å². The van der Waals surface area contributed by atoms with Crippen LogP contribution in [0.1, 0.15) is 11.4 Å². The molecule has 0 aliphatic heterocycles. The van der Waals surface area contributed by atoms with E-state index in [4.69, 9.17) is 11.6 Å². The third-order valence-corrected chi connectivity index (χ3v) is 2.33. The van der Waals surface area contributed by atoms with Gasteiger partial charge in [-0.25, -0.2) is 9.97 Å². The van der Waals surface area contributed by atoms with Crippen LogP contribution in [0.25, 0.3) is 11.3 Å². The van der Waals surface area contributed by atoms with E-state index in [2.05, 4.69) is 16.0 Å². The van der Waals surface area contributed by atoms with Crippen LogP contribution in [0.15, 0.2) is 30.5 Å². The Balaban J connectivity index is 2.54. The van der Waals surface area contributed by atoms with Gasteiger partial charge < -0.3 is 0 Å². The Hall–Kier alpha value is -1.41. The number of aryl methyl sites for hydroxylation is 2. The highest BCUT2D eigenvalue weighted by molar-refractivity contribution is 6.30. The van der Waals surface area contributed by atoms with Crippen molar-refractivity contribution in [2.45, 2.75) is 13.8 Å². The molecule has 0 spiro atoms. The van der Waals surface area contributed by atoms with Crippen LogP contribution < -0.4 is 0 Å². The number of halogens is 1. The van der Waals surface area contributed by atoms with Crippen LogP contribution in [0, 0.1) is 13.8 Å². The highest BCUT2D eigenvalue weighted by Crippen LogP contribution is 2.22. The van der Waals surface area contributed by atoms with Crippen molar-refractivity contribution in [1.82, 2.24) is 9.97 Å². The lowest BCUT2D eigenvalue weighted by atomic mass is 10.1. The zero-order valence-corrected chi connectivity index (χ0v) is 9.42. The fourth-order valence-corrected chi connectivity index (χ4v) is 1.79. The predicted octanol–water partition coefficient (Wildman–Crippen LogP) is 3.41. The Kier molecular flexibility index (Phi) is 2.69. The molecule has 1 aromatic carbocycles. The molecule has 1 heterocycles. The summed E-state index contributed by atoms with van der Waals surface area (Å²) >= 11 is 6.00. The Morgan fingerprint density at radius 3 is 2.60 bits per heavy atom. The topological polar surface area (TPSA) is 25.8 Å². The first-order chi connectivity index (χ1) is 7.15. The summed E-state index contributed by atoms with van der Waals surface area (Å²) in [5, 5.41) is 0.737. The number of rotatable bonds is 1. The molecule has 0 unspecified atom stereocenters. The molecule has 3 heteroatoms. The highest BCUT2D eigenvalue weighted by atomic mass is 35.5. The van der Waals surface area contributed by atoms with Crippen molar-refractivity contribution >= 4 is 11.6 Å². The Bertz CT molecular complexity index is 474. The minimum atomic E-state index is 0.737. The summed E-state index contributed by atoms with van der Waals surface area (Å²) in [4.78, 5) is 8.42. The average molecular weight is 219 g/mol. The summed E-state index contributed by atoms with van der Waals surface area (Å²) < 4.78 is 0. The van der Waals surface area contributed by atoms with Gasteiger partial charge in [-0.2, -0.15) is 0 Å². The molecule has 0 saturated heterocycles. The molecule has 0 atom stereocenters. The summed E-state index contributed by atoms with van der Waals surface area (Å²) in [5.41, 5.74) is 3.08. The van der Waals surface area contributed by atoms with E-state index in [1.807, 2.05) is 32.0 Å². The molecule has 0 saturated carbocycles. The molecule has 0 N–H and O–H groups in total. The lowest BCUT2D eigenvalue weighted by molar-refractivity contribution is 1.06. The fourth-order valence-electron chi connectivity index (χ4n) is 1.50. The third kappa shape index (κ3) is 2.34. The quantitative estimate of drug-likeness (QED) is 0.733. The minimum absolute atomic E-state index is 0.737. The number of benzene rings is 1. The second-order valence-electron chi connectivity index (χ2n) is 3.51. The van der Waals surface area contributed by atoms with Gasteiger partial charge in [0.15, 0.2) is 0 Å². The summed E-state index contributed by atoms with van der Waals surface area (Å²) in [7, 11) is 0. The molecule has 0 bridgehead atoms. The highest BCUT2D eigenvalue weighted by Gasteiger charge is 2.02. The van der Waals surface area contributed by atoms with Gasteiger partial charge in [0.05, 0.1) is 5.69 Å². The van der Waals surface area contributed by atoms with Crippen molar-refractivity contribution < 1.29 is 0 Å². The lowest BCUT2D eigenvalue weighted by Gasteiger charge is -2.03. The maximum Gasteiger partial charge on any atom is 0.125 e.